The Labute approximate surface area is 193 Å². The number of amides is 4. The Morgan fingerprint density at radius 1 is 0.970 bits per heavy atom. The van der Waals surface area contributed by atoms with E-state index in [1.807, 2.05) is 17.0 Å². The van der Waals surface area contributed by atoms with E-state index >= 15 is 0 Å². The van der Waals surface area contributed by atoms with Crippen LogP contribution in [0.4, 0.5) is 5.69 Å². The van der Waals surface area contributed by atoms with Crippen LogP contribution < -0.4 is 10.2 Å². The molecule has 9 heteroatoms. The summed E-state index contributed by atoms with van der Waals surface area (Å²) in [6.07, 6.45) is 3.78. The van der Waals surface area contributed by atoms with Gasteiger partial charge >= 0.3 is 0 Å². The third-order valence-corrected chi connectivity index (χ3v) is 7.56. The van der Waals surface area contributed by atoms with Gasteiger partial charge in [-0.1, -0.05) is 0 Å². The number of piperazine rings is 1. The first-order valence-corrected chi connectivity index (χ1v) is 12.0. The van der Waals surface area contributed by atoms with Crippen LogP contribution in [0.15, 0.2) is 18.2 Å². The zero-order chi connectivity index (χ0) is 22.9. The lowest BCUT2D eigenvalue weighted by Crippen LogP contribution is -2.52. The van der Waals surface area contributed by atoms with Crippen LogP contribution >= 0.6 is 0 Å². The molecule has 3 saturated heterocycles. The first-order valence-electron chi connectivity index (χ1n) is 12.0. The molecule has 1 unspecified atom stereocenters. The third kappa shape index (κ3) is 4.46. The van der Waals surface area contributed by atoms with Crippen molar-refractivity contribution in [2.24, 2.45) is 5.92 Å². The lowest BCUT2D eigenvalue weighted by atomic mass is 9.96. The van der Waals surface area contributed by atoms with Crippen LogP contribution in [0.25, 0.3) is 0 Å². The molecule has 4 aliphatic rings. The molecule has 1 atom stereocenters. The molecule has 1 N–H and O–H groups in total. The van der Waals surface area contributed by atoms with Crippen LogP contribution in [0.2, 0.25) is 0 Å². The molecule has 0 aliphatic carbocycles. The summed E-state index contributed by atoms with van der Waals surface area (Å²) in [6.45, 7) is 7.15. The van der Waals surface area contributed by atoms with Gasteiger partial charge in [-0.25, -0.2) is 0 Å². The third-order valence-electron chi connectivity index (χ3n) is 7.56. The lowest BCUT2D eigenvalue weighted by Gasteiger charge is -2.39. The lowest BCUT2D eigenvalue weighted by molar-refractivity contribution is -0.137. The van der Waals surface area contributed by atoms with Gasteiger partial charge in [0.2, 0.25) is 18.2 Å². The van der Waals surface area contributed by atoms with Crippen LogP contribution in [-0.4, -0.2) is 90.7 Å². The second kappa shape index (κ2) is 9.13. The molecule has 0 aromatic heterocycles. The Bertz CT molecular complexity index is 950. The Balaban J connectivity index is 1.17. The normalized spacial score (nSPS) is 24.8. The number of nitrogens with one attached hydrogen (secondary N) is 1. The van der Waals surface area contributed by atoms with E-state index < -0.39 is 6.04 Å². The van der Waals surface area contributed by atoms with E-state index in [1.54, 1.807) is 4.90 Å². The largest absolute Gasteiger partial charge is 0.369 e. The summed E-state index contributed by atoms with van der Waals surface area (Å²) in [7, 11) is 0. The molecule has 1 aromatic rings. The molecule has 9 nitrogen and oxygen atoms in total. The first-order chi connectivity index (χ1) is 16.0. The zero-order valence-corrected chi connectivity index (χ0v) is 18.9. The Morgan fingerprint density at radius 3 is 2.42 bits per heavy atom. The molecule has 4 heterocycles. The fraction of sp³-hybridized carbons (Fsp3) is 0.583. The molecule has 0 radical (unpaired) electrons. The van der Waals surface area contributed by atoms with Crippen molar-refractivity contribution in [3.05, 3.63) is 29.3 Å². The van der Waals surface area contributed by atoms with Gasteiger partial charge in [0.15, 0.2) is 0 Å². The highest BCUT2D eigenvalue weighted by Crippen LogP contribution is 2.31. The second-order valence-corrected chi connectivity index (χ2v) is 9.61. The van der Waals surface area contributed by atoms with Crippen molar-refractivity contribution in [2.45, 2.75) is 38.3 Å². The summed E-state index contributed by atoms with van der Waals surface area (Å²) in [6, 6.07) is 5.40. The van der Waals surface area contributed by atoms with E-state index in [9.17, 15) is 19.2 Å². The molecule has 0 saturated carbocycles. The molecule has 1 aromatic carbocycles. The highest BCUT2D eigenvalue weighted by atomic mass is 16.2. The fourth-order valence-corrected chi connectivity index (χ4v) is 5.55. The average Bonchev–Trinajstić information content (AvgIpc) is 3.15. The molecule has 4 amide bonds. The van der Waals surface area contributed by atoms with E-state index in [4.69, 9.17) is 0 Å². The highest BCUT2D eigenvalue weighted by Gasteiger charge is 2.39. The van der Waals surface area contributed by atoms with Gasteiger partial charge < -0.3 is 14.7 Å². The Hall–Kier alpha value is -2.94. The van der Waals surface area contributed by atoms with E-state index in [0.717, 1.165) is 76.3 Å². The quantitative estimate of drug-likeness (QED) is 0.514. The summed E-state index contributed by atoms with van der Waals surface area (Å²) in [5.74, 6) is -0.109. The SMILES string of the molecule is O=CN1CCC(CN2CCN(c3ccc4c(c3)CN(C3CCC(=O)NC3=O)C4=O)CC2)CC1. The fourth-order valence-electron chi connectivity index (χ4n) is 5.55. The number of imide groups is 1. The number of nitrogens with zero attached hydrogens (tertiary/aromatic N) is 4. The predicted octanol–water partition coefficient (Wildman–Crippen LogP) is 0.438. The van der Waals surface area contributed by atoms with Gasteiger partial charge in [-0.3, -0.25) is 29.4 Å². The molecule has 176 valence electrons. The van der Waals surface area contributed by atoms with Gasteiger partial charge in [-0.15, -0.1) is 0 Å². The molecule has 3 fully saturated rings. The summed E-state index contributed by atoms with van der Waals surface area (Å²) in [4.78, 5) is 55.9. The van der Waals surface area contributed by atoms with Crippen LogP contribution in [0.5, 0.6) is 0 Å². The number of carbonyl (C=O) groups is 4. The molecule has 0 spiro atoms. The Morgan fingerprint density at radius 2 is 1.73 bits per heavy atom. The standard InChI is InChI=1S/C24H31N5O4/c30-16-27-7-5-17(6-8-27)14-26-9-11-28(12-10-26)19-1-2-20-18(13-19)15-29(24(20)33)21-3-4-22(31)25-23(21)32/h1-2,13,16-17,21H,3-12,14-15H2,(H,25,31,32). The number of carbonyl (C=O) groups excluding carboxylic acids is 4. The van der Waals surface area contributed by atoms with Gasteiger partial charge in [0.25, 0.3) is 5.91 Å². The first kappa shape index (κ1) is 21.9. The predicted molar refractivity (Wildman–Crippen MR) is 122 cm³/mol. The van der Waals surface area contributed by atoms with Crippen LogP contribution in [0.1, 0.15) is 41.6 Å². The molecular formula is C24H31N5O4. The summed E-state index contributed by atoms with van der Waals surface area (Å²) >= 11 is 0. The topological polar surface area (TPSA) is 93.3 Å². The van der Waals surface area contributed by atoms with Gasteiger partial charge in [-0.2, -0.15) is 0 Å². The van der Waals surface area contributed by atoms with Gasteiger partial charge in [0, 0.05) is 70.0 Å². The molecule has 4 aliphatic heterocycles. The summed E-state index contributed by atoms with van der Waals surface area (Å²) < 4.78 is 0. The maximum absolute atomic E-state index is 12.9. The number of piperidine rings is 2. The monoisotopic (exact) mass is 453 g/mol. The second-order valence-electron chi connectivity index (χ2n) is 9.61. The number of rotatable bonds is 5. The smallest absolute Gasteiger partial charge is 0.255 e. The van der Waals surface area contributed by atoms with Gasteiger partial charge in [0.05, 0.1) is 0 Å². The van der Waals surface area contributed by atoms with Gasteiger partial charge in [-0.05, 0) is 48.9 Å². The van der Waals surface area contributed by atoms with E-state index in [-0.39, 0.29) is 24.1 Å². The minimum Gasteiger partial charge on any atom is -0.369 e. The maximum Gasteiger partial charge on any atom is 0.255 e. The van der Waals surface area contributed by atoms with Crippen molar-refractivity contribution in [3.63, 3.8) is 0 Å². The van der Waals surface area contributed by atoms with Crippen molar-refractivity contribution in [1.29, 1.82) is 0 Å². The van der Waals surface area contributed by atoms with Gasteiger partial charge in [0.1, 0.15) is 6.04 Å². The maximum atomic E-state index is 12.9. The number of benzene rings is 1. The molecule has 5 rings (SSSR count). The minimum atomic E-state index is -0.576. The van der Waals surface area contributed by atoms with Crippen LogP contribution in [0, 0.1) is 5.92 Å². The summed E-state index contributed by atoms with van der Waals surface area (Å²) in [5, 5.41) is 2.35. The van der Waals surface area contributed by atoms with Crippen LogP contribution in [0.3, 0.4) is 0 Å². The molecular weight excluding hydrogens is 422 g/mol. The van der Waals surface area contributed by atoms with Crippen molar-refractivity contribution in [1.82, 2.24) is 20.0 Å². The van der Waals surface area contributed by atoms with E-state index in [1.165, 1.54) is 0 Å². The van der Waals surface area contributed by atoms with Crippen molar-refractivity contribution >= 4 is 29.8 Å². The van der Waals surface area contributed by atoms with Crippen molar-refractivity contribution in [3.8, 4) is 0 Å². The average molecular weight is 454 g/mol. The highest BCUT2D eigenvalue weighted by molar-refractivity contribution is 6.05. The molecule has 0 bridgehead atoms. The van der Waals surface area contributed by atoms with Crippen molar-refractivity contribution < 1.29 is 19.2 Å². The number of likely N-dealkylation sites (tertiary alicyclic amines) is 1. The number of fused-ring (bicyclic) bond motifs is 1. The number of hydrogen-bond acceptors (Lipinski definition) is 6. The van der Waals surface area contributed by atoms with E-state index in [2.05, 4.69) is 21.2 Å². The minimum absolute atomic E-state index is 0.128. The molecule has 33 heavy (non-hydrogen) atoms. The summed E-state index contributed by atoms with van der Waals surface area (Å²) in [5.41, 5.74) is 2.72. The van der Waals surface area contributed by atoms with Crippen LogP contribution in [-0.2, 0) is 20.9 Å². The number of anilines is 1. The van der Waals surface area contributed by atoms with Crippen molar-refractivity contribution in [2.75, 3.05) is 50.7 Å². The zero-order valence-electron chi connectivity index (χ0n) is 18.9. The van der Waals surface area contributed by atoms with E-state index in [0.29, 0.717) is 24.4 Å². The Kier molecular flexibility index (Phi) is 6.05. The number of hydrogen-bond donors (Lipinski definition) is 1.